The van der Waals surface area contributed by atoms with Crippen LogP contribution in [0.15, 0.2) is 53.5 Å². The smallest absolute Gasteiger partial charge is 0.258 e. The fourth-order valence-electron chi connectivity index (χ4n) is 3.09. The predicted molar refractivity (Wildman–Crippen MR) is 104 cm³/mol. The predicted octanol–water partition coefficient (Wildman–Crippen LogP) is 3.42. The minimum absolute atomic E-state index is 0.117. The second kappa shape index (κ2) is 7.14. The number of aliphatic hydroxyl groups is 1. The van der Waals surface area contributed by atoms with Crippen LogP contribution in [0.25, 0.3) is 10.8 Å². The first-order chi connectivity index (χ1) is 12.4. The average molecular weight is 350 g/mol. The molecule has 0 saturated carbocycles. The van der Waals surface area contributed by atoms with Crippen LogP contribution in [0.4, 0.5) is 5.69 Å². The van der Waals surface area contributed by atoms with Crippen LogP contribution in [0.2, 0.25) is 0 Å². The van der Waals surface area contributed by atoms with E-state index >= 15 is 0 Å². The van der Waals surface area contributed by atoms with Crippen molar-refractivity contribution >= 4 is 22.4 Å². The number of rotatable bonds is 4. The standard InChI is InChI=1S/C21H22N2O3/c1-13-7-8-16(14(2)11-13)20(25)22-19-6-4-5-18-17(19)9-10-23(21(18)26)15(3)12-24/h4-11,15,24H,12H2,1-3H3,(H,22,25). The van der Waals surface area contributed by atoms with Gasteiger partial charge in [0.2, 0.25) is 0 Å². The molecule has 26 heavy (non-hydrogen) atoms. The summed E-state index contributed by atoms with van der Waals surface area (Å²) in [7, 11) is 0. The van der Waals surface area contributed by atoms with Crippen LogP contribution in [-0.2, 0) is 0 Å². The molecule has 0 saturated heterocycles. The van der Waals surface area contributed by atoms with E-state index in [2.05, 4.69) is 5.32 Å². The Bertz CT molecular complexity index is 1040. The molecule has 0 spiro atoms. The lowest BCUT2D eigenvalue weighted by Crippen LogP contribution is -2.25. The number of pyridine rings is 1. The third-order valence-electron chi connectivity index (χ3n) is 4.59. The molecule has 5 nitrogen and oxygen atoms in total. The van der Waals surface area contributed by atoms with E-state index in [4.69, 9.17) is 0 Å². The Balaban J connectivity index is 2.02. The van der Waals surface area contributed by atoms with Gasteiger partial charge in [0.25, 0.3) is 11.5 Å². The fourth-order valence-corrected chi connectivity index (χ4v) is 3.09. The van der Waals surface area contributed by atoms with Crippen molar-refractivity contribution in [3.63, 3.8) is 0 Å². The molecule has 0 radical (unpaired) electrons. The van der Waals surface area contributed by atoms with Gasteiger partial charge in [0.15, 0.2) is 0 Å². The van der Waals surface area contributed by atoms with Crippen LogP contribution in [-0.4, -0.2) is 22.2 Å². The highest BCUT2D eigenvalue weighted by atomic mass is 16.3. The van der Waals surface area contributed by atoms with Gasteiger partial charge in [-0.1, -0.05) is 23.8 Å². The number of hydrogen-bond donors (Lipinski definition) is 2. The summed E-state index contributed by atoms with van der Waals surface area (Å²) >= 11 is 0. The third-order valence-corrected chi connectivity index (χ3v) is 4.59. The van der Waals surface area contributed by atoms with Crippen LogP contribution in [0.1, 0.15) is 34.5 Å². The van der Waals surface area contributed by atoms with Crippen LogP contribution < -0.4 is 10.9 Å². The van der Waals surface area contributed by atoms with Crippen LogP contribution in [0.5, 0.6) is 0 Å². The first-order valence-corrected chi connectivity index (χ1v) is 8.55. The van der Waals surface area contributed by atoms with E-state index in [-0.39, 0.29) is 24.1 Å². The molecular formula is C21H22N2O3. The zero-order chi connectivity index (χ0) is 18.8. The van der Waals surface area contributed by atoms with Crippen LogP contribution >= 0.6 is 0 Å². The van der Waals surface area contributed by atoms with Crippen molar-refractivity contribution in [2.75, 3.05) is 11.9 Å². The number of aromatic nitrogens is 1. The minimum Gasteiger partial charge on any atom is -0.394 e. The van der Waals surface area contributed by atoms with Gasteiger partial charge in [-0.15, -0.1) is 0 Å². The van der Waals surface area contributed by atoms with E-state index in [1.807, 2.05) is 26.0 Å². The van der Waals surface area contributed by atoms with Crippen molar-refractivity contribution in [2.45, 2.75) is 26.8 Å². The molecular weight excluding hydrogens is 328 g/mol. The number of fused-ring (bicyclic) bond motifs is 1. The maximum Gasteiger partial charge on any atom is 0.258 e. The van der Waals surface area contributed by atoms with E-state index in [9.17, 15) is 14.7 Å². The number of anilines is 1. The number of aryl methyl sites for hydroxylation is 2. The van der Waals surface area contributed by atoms with Gasteiger partial charge in [0.1, 0.15) is 0 Å². The molecule has 5 heteroatoms. The van der Waals surface area contributed by atoms with Gasteiger partial charge in [0, 0.05) is 28.2 Å². The van der Waals surface area contributed by atoms with E-state index in [0.717, 1.165) is 11.1 Å². The highest BCUT2D eigenvalue weighted by molar-refractivity contribution is 6.09. The number of nitrogens with one attached hydrogen (secondary N) is 1. The summed E-state index contributed by atoms with van der Waals surface area (Å²) in [4.78, 5) is 25.3. The van der Waals surface area contributed by atoms with Gasteiger partial charge < -0.3 is 15.0 Å². The van der Waals surface area contributed by atoms with Crippen molar-refractivity contribution in [3.8, 4) is 0 Å². The molecule has 3 rings (SSSR count). The molecule has 1 heterocycles. The third kappa shape index (κ3) is 3.26. The molecule has 2 N–H and O–H groups in total. The molecule has 0 fully saturated rings. The van der Waals surface area contributed by atoms with Crippen LogP contribution in [0, 0.1) is 13.8 Å². The quantitative estimate of drug-likeness (QED) is 0.757. The van der Waals surface area contributed by atoms with Gasteiger partial charge in [-0.05, 0) is 50.6 Å². The number of aliphatic hydroxyl groups excluding tert-OH is 1. The Hall–Kier alpha value is -2.92. The maximum atomic E-state index is 12.7. The maximum absolute atomic E-state index is 12.7. The van der Waals surface area contributed by atoms with Crippen molar-refractivity contribution in [3.05, 3.63) is 75.7 Å². The summed E-state index contributed by atoms with van der Waals surface area (Å²) in [5.41, 5.74) is 3.01. The Kier molecular flexibility index (Phi) is 4.91. The van der Waals surface area contributed by atoms with E-state index < -0.39 is 0 Å². The molecule has 0 bridgehead atoms. The summed E-state index contributed by atoms with van der Waals surface area (Å²) < 4.78 is 1.50. The first kappa shape index (κ1) is 17.9. The molecule has 2 aromatic carbocycles. The number of carbonyl (C=O) groups excluding carboxylic acids is 1. The number of amides is 1. The molecule has 0 aliphatic heterocycles. The second-order valence-corrected chi connectivity index (χ2v) is 6.60. The van der Waals surface area contributed by atoms with Gasteiger partial charge in [-0.2, -0.15) is 0 Å². The first-order valence-electron chi connectivity index (χ1n) is 8.55. The molecule has 134 valence electrons. The molecule has 0 aliphatic carbocycles. The molecule has 3 aromatic rings. The van der Waals surface area contributed by atoms with Gasteiger partial charge >= 0.3 is 0 Å². The fraction of sp³-hybridized carbons (Fsp3) is 0.238. The van der Waals surface area contributed by atoms with Gasteiger partial charge in [-0.25, -0.2) is 0 Å². The Labute approximate surface area is 151 Å². The lowest BCUT2D eigenvalue weighted by atomic mass is 10.0. The molecule has 1 unspecified atom stereocenters. The lowest BCUT2D eigenvalue weighted by molar-refractivity contribution is 0.102. The highest BCUT2D eigenvalue weighted by Crippen LogP contribution is 2.23. The summed E-state index contributed by atoms with van der Waals surface area (Å²) in [6, 6.07) is 12.4. The SMILES string of the molecule is Cc1ccc(C(=O)Nc2cccc3c(=O)n(C(C)CO)ccc23)c(C)c1. The largest absolute Gasteiger partial charge is 0.394 e. The monoisotopic (exact) mass is 350 g/mol. The zero-order valence-corrected chi connectivity index (χ0v) is 15.1. The lowest BCUT2D eigenvalue weighted by Gasteiger charge is -2.15. The van der Waals surface area contributed by atoms with Crippen molar-refractivity contribution in [2.24, 2.45) is 0 Å². The Morgan fingerprint density at radius 3 is 2.62 bits per heavy atom. The summed E-state index contributed by atoms with van der Waals surface area (Å²) in [5, 5.41) is 13.4. The Morgan fingerprint density at radius 1 is 1.15 bits per heavy atom. The highest BCUT2D eigenvalue weighted by Gasteiger charge is 2.13. The molecule has 1 aromatic heterocycles. The number of benzene rings is 2. The van der Waals surface area contributed by atoms with E-state index in [0.29, 0.717) is 22.0 Å². The summed E-state index contributed by atoms with van der Waals surface area (Å²) in [5.74, 6) is -0.206. The molecule has 0 aliphatic rings. The van der Waals surface area contributed by atoms with Crippen molar-refractivity contribution in [1.82, 2.24) is 4.57 Å². The number of hydrogen-bond acceptors (Lipinski definition) is 3. The summed E-state index contributed by atoms with van der Waals surface area (Å²) in [6.07, 6.45) is 1.65. The Morgan fingerprint density at radius 2 is 1.92 bits per heavy atom. The van der Waals surface area contributed by atoms with E-state index in [1.54, 1.807) is 43.5 Å². The normalized spacial score (nSPS) is 12.2. The van der Waals surface area contributed by atoms with Crippen molar-refractivity contribution in [1.29, 1.82) is 0 Å². The number of nitrogens with zero attached hydrogens (tertiary/aromatic N) is 1. The van der Waals surface area contributed by atoms with Gasteiger partial charge in [0.05, 0.1) is 12.6 Å². The summed E-state index contributed by atoms with van der Waals surface area (Å²) in [6.45, 7) is 5.55. The van der Waals surface area contributed by atoms with Crippen LogP contribution in [0.3, 0.4) is 0 Å². The topological polar surface area (TPSA) is 71.3 Å². The second-order valence-electron chi connectivity index (χ2n) is 6.60. The minimum atomic E-state index is -0.305. The zero-order valence-electron chi connectivity index (χ0n) is 15.1. The van der Waals surface area contributed by atoms with Crippen molar-refractivity contribution < 1.29 is 9.90 Å². The van der Waals surface area contributed by atoms with Gasteiger partial charge in [-0.3, -0.25) is 9.59 Å². The number of carbonyl (C=O) groups is 1. The molecule has 1 atom stereocenters. The average Bonchev–Trinajstić information content (AvgIpc) is 2.62. The van der Waals surface area contributed by atoms with E-state index in [1.165, 1.54) is 4.57 Å². The molecule has 1 amide bonds.